The maximum atomic E-state index is 13.3. The van der Waals surface area contributed by atoms with Gasteiger partial charge < -0.3 is 4.90 Å². The van der Waals surface area contributed by atoms with E-state index in [4.69, 9.17) is 17.2 Å². The minimum absolute atomic E-state index is 0.245. The summed E-state index contributed by atoms with van der Waals surface area (Å²) in [7, 11) is 0. The van der Waals surface area contributed by atoms with Gasteiger partial charge in [0.1, 0.15) is 0 Å². The standard InChI is InChI=1S/C25H21N3OS/c1-2-28(19-13-7-4-8-14-19)25(30)27-24(29)21-17-23(18-11-5-3-6-12-18)26-22-16-10-9-15-20(21)22/h3-17H,2H2,1H3,(H,27,29,30). The fourth-order valence-electron chi connectivity index (χ4n) is 3.40. The fraction of sp³-hybridized carbons (Fsp3) is 0.0800. The maximum Gasteiger partial charge on any atom is 0.258 e. The zero-order chi connectivity index (χ0) is 20.9. The molecule has 5 heteroatoms. The van der Waals surface area contributed by atoms with E-state index >= 15 is 0 Å². The van der Waals surface area contributed by atoms with Crippen molar-refractivity contribution in [1.29, 1.82) is 0 Å². The van der Waals surface area contributed by atoms with Gasteiger partial charge >= 0.3 is 0 Å². The second kappa shape index (κ2) is 8.84. The van der Waals surface area contributed by atoms with Crippen LogP contribution in [0.5, 0.6) is 0 Å². The number of pyridine rings is 1. The molecule has 0 unspecified atom stereocenters. The molecule has 4 nitrogen and oxygen atoms in total. The summed E-state index contributed by atoms with van der Waals surface area (Å²) in [5.74, 6) is -0.245. The van der Waals surface area contributed by atoms with Gasteiger partial charge in [-0.25, -0.2) is 4.98 Å². The van der Waals surface area contributed by atoms with Gasteiger partial charge in [-0.3, -0.25) is 10.1 Å². The summed E-state index contributed by atoms with van der Waals surface area (Å²) in [6.07, 6.45) is 0. The lowest BCUT2D eigenvalue weighted by Gasteiger charge is -2.24. The van der Waals surface area contributed by atoms with Gasteiger partial charge in [0.25, 0.3) is 5.91 Å². The van der Waals surface area contributed by atoms with Crippen molar-refractivity contribution in [3.05, 3.63) is 96.6 Å². The lowest BCUT2D eigenvalue weighted by Crippen LogP contribution is -2.42. The summed E-state index contributed by atoms with van der Waals surface area (Å²) in [6.45, 7) is 2.65. The van der Waals surface area contributed by atoms with Crippen molar-refractivity contribution >= 4 is 39.8 Å². The van der Waals surface area contributed by atoms with Crippen molar-refractivity contribution in [2.75, 3.05) is 11.4 Å². The predicted molar refractivity (Wildman–Crippen MR) is 127 cm³/mol. The van der Waals surface area contributed by atoms with Gasteiger partial charge in [0.05, 0.1) is 16.8 Å². The van der Waals surface area contributed by atoms with Crippen molar-refractivity contribution < 1.29 is 4.79 Å². The van der Waals surface area contributed by atoms with Crippen molar-refractivity contribution in [3.63, 3.8) is 0 Å². The lowest BCUT2D eigenvalue weighted by molar-refractivity contribution is 0.0979. The number of carbonyl (C=O) groups is 1. The van der Waals surface area contributed by atoms with Crippen molar-refractivity contribution in [2.24, 2.45) is 0 Å². The van der Waals surface area contributed by atoms with Gasteiger partial charge in [-0.05, 0) is 43.4 Å². The van der Waals surface area contributed by atoms with Crippen LogP contribution in [0.4, 0.5) is 5.69 Å². The Hall–Kier alpha value is -3.57. The monoisotopic (exact) mass is 411 g/mol. The average Bonchev–Trinajstić information content (AvgIpc) is 2.80. The summed E-state index contributed by atoms with van der Waals surface area (Å²) in [5, 5.41) is 4.07. The molecule has 148 valence electrons. The molecule has 0 radical (unpaired) electrons. The SMILES string of the molecule is CCN(C(=S)NC(=O)c1cc(-c2ccccc2)nc2ccccc12)c1ccccc1. The number of amides is 1. The molecule has 1 heterocycles. The third kappa shape index (κ3) is 4.07. The number of para-hydroxylation sites is 2. The van der Waals surface area contributed by atoms with Crippen LogP contribution in [0.25, 0.3) is 22.2 Å². The zero-order valence-corrected chi connectivity index (χ0v) is 17.4. The Morgan fingerprint density at radius 3 is 2.27 bits per heavy atom. The molecule has 0 spiro atoms. The highest BCUT2D eigenvalue weighted by atomic mass is 32.1. The second-order valence-electron chi connectivity index (χ2n) is 6.78. The van der Waals surface area contributed by atoms with Crippen LogP contribution < -0.4 is 10.2 Å². The first-order valence-electron chi connectivity index (χ1n) is 9.80. The third-order valence-electron chi connectivity index (χ3n) is 4.88. The highest BCUT2D eigenvalue weighted by Gasteiger charge is 2.18. The lowest BCUT2D eigenvalue weighted by atomic mass is 10.0. The Morgan fingerprint density at radius 2 is 1.57 bits per heavy atom. The molecule has 0 aliphatic carbocycles. The first-order chi connectivity index (χ1) is 14.7. The number of fused-ring (bicyclic) bond motifs is 1. The average molecular weight is 412 g/mol. The van der Waals surface area contributed by atoms with Crippen LogP contribution in [0.3, 0.4) is 0 Å². The van der Waals surface area contributed by atoms with Crippen LogP contribution in [0, 0.1) is 0 Å². The number of hydrogen-bond donors (Lipinski definition) is 1. The number of thiocarbonyl (C=S) groups is 1. The number of nitrogens with zero attached hydrogens (tertiary/aromatic N) is 2. The largest absolute Gasteiger partial charge is 0.319 e. The number of carbonyl (C=O) groups excluding carboxylic acids is 1. The second-order valence-corrected chi connectivity index (χ2v) is 7.16. The number of hydrogen-bond acceptors (Lipinski definition) is 3. The molecule has 30 heavy (non-hydrogen) atoms. The van der Waals surface area contributed by atoms with Gasteiger partial charge in [0.2, 0.25) is 0 Å². The minimum atomic E-state index is -0.245. The number of anilines is 1. The summed E-state index contributed by atoms with van der Waals surface area (Å²) < 4.78 is 0. The fourth-order valence-corrected chi connectivity index (χ4v) is 3.73. The number of rotatable bonds is 4. The van der Waals surface area contributed by atoms with Gasteiger partial charge in [0.15, 0.2) is 5.11 Å². The van der Waals surface area contributed by atoms with Crippen LogP contribution in [-0.4, -0.2) is 22.5 Å². The molecule has 0 aliphatic rings. The van der Waals surface area contributed by atoms with E-state index < -0.39 is 0 Å². The molecule has 1 amide bonds. The van der Waals surface area contributed by atoms with Gasteiger partial charge in [0, 0.05) is 23.2 Å². The number of benzene rings is 3. The molecular formula is C25H21N3OS. The topological polar surface area (TPSA) is 45.2 Å². The van der Waals surface area contributed by atoms with Gasteiger partial charge in [-0.15, -0.1) is 0 Å². The molecule has 0 aliphatic heterocycles. The van der Waals surface area contributed by atoms with Crippen LogP contribution in [0.2, 0.25) is 0 Å². The summed E-state index contributed by atoms with van der Waals surface area (Å²) in [5.41, 5.74) is 3.96. The Kier molecular flexibility index (Phi) is 5.82. The molecule has 0 saturated carbocycles. The van der Waals surface area contributed by atoms with E-state index in [1.54, 1.807) is 0 Å². The Bertz CT molecular complexity index is 1190. The van der Waals surface area contributed by atoms with Gasteiger partial charge in [-0.1, -0.05) is 66.7 Å². The molecule has 0 bridgehead atoms. The third-order valence-corrected chi connectivity index (χ3v) is 5.20. The smallest absolute Gasteiger partial charge is 0.258 e. The quantitative estimate of drug-likeness (QED) is 0.454. The number of aromatic nitrogens is 1. The van der Waals surface area contributed by atoms with Crippen LogP contribution in [-0.2, 0) is 0 Å². The normalized spacial score (nSPS) is 10.6. The van der Waals surface area contributed by atoms with E-state index in [1.165, 1.54) is 0 Å². The Balaban J connectivity index is 1.69. The van der Waals surface area contributed by atoms with Gasteiger partial charge in [-0.2, -0.15) is 0 Å². The predicted octanol–water partition coefficient (Wildman–Crippen LogP) is 5.44. The van der Waals surface area contributed by atoms with Crippen molar-refractivity contribution in [3.8, 4) is 11.3 Å². The molecule has 1 N–H and O–H groups in total. The number of nitrogens with one attached hydrogen (secondary N) is 1. The zero-order valence-electron chi connectivity index (χ0n) is 16.6. The van der Waals surface area contributed by atoms with Crippen LogP contribution in [0.1, 0.15) is 17.3 Å². The molecule has 0 atom stereocenters. The molecule has 0 fully saturated rings. The summed E-state index contributed by atoms with van der Waals surface area (Å²) in [6, 6.07) is 29.1. The minimum Gasteiger partial charge on any atom is -0.319 e. The molecule has 4 aromatic rings. The Labute approximate surface area is 181 Å². The van der Waals surface area contributed by atoms with Crippen molar-refractivity contribution in [2.45, 2.75) is 6.92 Å². The van der Waals surface area contributed by atoms with E-state index in [9.17, 15) is 4.79 Å². The van der Waals surface area contributed by atoms with E-state index in [0.29, 0.717) is 17.2 Å². The van der Waals surface area contributed by atoms with E-state index in [1.807, 2.05) is 103 Å². The van der Waals surface area contributed by atoms with Crippen LogP contribution in [0.15, 0.2) is 91.0 Å². The van der Waals surface area contributed by atoms with Crippen LogP contribution >= 0.6 is 12.2 Å². The summed E-state index contributed by atoms with van der Waals surface area (Å²) >= 11 is 5.56. The molecule has 3 aromatic carbocycles. The molecule has 0 saturated heterocycles. The highest BCUT2D eigenvalue weighted by Crippen LogP contribution is 2.25. The molecule has 4 rings (SSSR count). The molecular weight excluding hydrogens is 390 g/mol. The van der Waals surface area contributed by atoms with Crippen molar-refractivity contribution in [1.82, 2.24) is 10.3 Å². The first-order valence-corrected chi connectivity index (χ1v) is 10.2. The molecule has 1 aromatic heterocycles. The first kappa shape index (κ1) is 19.7. The maximum absolute atomic E-state index is 13.3. The highest BCUT2D eigenvalue weighted by molar-refractivity contribution is 7.80. The van der Waals surface area contributed by atoms with E-state index in [-0.39, 0.29) is 5.91 Å². The van der Waals surface area contributed by atoms with E-state index in [0.717, 1.165) is 27.8 Å². The summed E-state index contributed by atoms with van der Waals surface area (Å²) in [4.78, 5) is 19.9. The Morgan fingerprint density at radius 1 is 0.933 bits per heavy atom. The van der Waals surface area contributed by atoms with E-state index in [2.05, 4.69) is 5.32 Å².